The average Bonchev–Trinajstić information content (AvgIpc) is 1.85. The Bertz CT molecular complexity index is 122. The normalized spacial score (nSPS) is 34.6. The molecule has 0 aromatic carbocycles. The van der Waals surface area contributed by atoms with Crippen molar-refractivity contribution in [3.8, 4) is 0 Å². The molecule has 66 valence electrons. The minimum atomic E-state index is -1.47. The number of hydrogen-bond donors (Lipinski definition) is 0. The van der Waals surface area contributed by atoms with Crippen LogP contribution >= 0.6 is 0 Å². The van der Waals surface area contributed by atoms with E-state index in [-0.39, 0.29) is 19.1 Å². The van der Waals surface area contributed by atoms with Crippen molar-refractivity contribution in [2.24, 2.45) is 0 Å². The first-order valence-electron chi connectivity index (χ1n) is 3.77. The molecule has 11 heavy (non-hydrogen) atoms. The fourth-order valence-corrected chi connectivity index (χ4v) is 1.11. The van der Waals surface area contributed by atoms with Gasteiger partial charge in [0.25, 0.3) is 0 Å². The molecule has 2 nitrogen and oxygen atoms in total. The quantitative estimate of drug-likeness (QED) is 0.581. The van der Waals surface area contributed by atoms with Crippen LogP contribution in [0.4, 0.5) is 8.78 Å². The van der Waals surface area contributed by atoms with Crippen molar-refractivity contribution in [1.29, 1.82) is 0 Å². The maximum Gasteiger partial charge on any atom is 0.214 e. The van der Waals surface area contributed by atoms with Gasteiger partial charge in [0.1, 0.15) is 0 Å². The zero-order chi connectivity index (χ0) is 8.43. The van der Waals surface area contributed by atoms with Crippen molar-refractivity contribution < 1.29 is 13.5 Å². The summed E-state index contributed by atoms with van der Waals surface area (Å²) in [5.41, 5.74) is 0. The summed E-state index contributed by atoms with van der Waals surface area (Å²) in [7, 11) is 0. The molecule has 1 saturated heterocycles. The Labute approximate surface area is 65.1 Å². The second-order valence-electron chi connectivity index (χ2n) is 3.00. The van der Waals surface area contributed by atoms with Crippen LogP contribution in [-0.2, 0) is 4.74 Å². The second kappa shape index (κ2) is 3.45. The second-order valence-corrected chi connectivity index (χ2v) is 3.00. The van der Waals surface area contributed by atoms with Gasteiger partial charge in [-0.2, -0.15) is 0 Å². The SMILES string of the molecule is CC(C)N1C[C@@H](F)O[C@H](F)C1. The molecule has 1 aliphatic heterocycles. The van der Waals surface area contributed by atoms with Gasteiger partial charge in [-0.3, -0.25) is 4.90 Å². The number of alkyl halides is 2. The molecule has 0 spiro atoms. The van der Waals surface area contributed by atoms with Crippen molar-refractivity contribution in [2.75, 3.05) is 13.1 Å². The fraction of sp³-hybridized carbons (Fsp3) is 1.00. The van der Waals surface area contributed by atoms with Gasteiger partial charge in [0, 0.05) is 6.04 Å². The van der Waals surface area contributed by atoms with E-state index in [4.69, 9.17) is 0 Å². The number of nitrogens with zero attached hydrogens (tertiary/aromatic N) is 1. The summed E-state index contributed by atoms with van der Waals surface area (Å²) in [5, 5.41) is 0. The van der Waals surface area contributed by atoms with Crippen LogP contribution in [0.5, 0.6) is 0 Å². The van der Waals surface area contributed by atoms with Crippen molar-refractivity contribution in [1.82, 2.24) is 4.90 Å². The number of hydrogen-bond acceptors (Lipinski definition) is 2. The molecule has 0 aromatic heterocycles. The maximum absolute atomic E-state index is 12.5. The highest BCUT2D eigenvalue weighted by Crippen LogP contribution is 2.14. The molecule has 1 heterocycles. The first-order valence-corrected chi connectivity index (χ1v) is 3.77. The molecule has 2 atom stereocenters. The van der Waals surface area contributed by atoms with E-state index in [2.05, 4.69) is 4.74 Å². The zero-order valence-electron chi connectivity index (χ0n) is 6.76. The largest absolute Gasteiger partial charge is 0.311 e. The minimum Gasteiger partial charge on any atom is -0.311 e. The summed E-state index contributed by atoms with van der Waals surface area (Å²) in [6.45, 7) is 4.17. The summed E-state index contributed by atoms with van der Waals surface area (Å²) < 4.78 is 29.4. The highest BCUT2D eigenvalue weighted by molar-refractivity contribution is 4.70. The first-order chi connectivity index (χ1) is 5.09. The molecule has 0 aliphatic carbocycles. The van der Waals surface area contributed by atoms with E-state index in [1.54, 1.807) is 4.90 Å². The Morgan fingerprint density at radius 1 is 1.27 bits per heavy atom. The molecule has 0 saturated carbocycles. The van der Waals surface area contributed by atoms with Crippen LogP contribution in [0.1, 0.15) is 13.8 Å². The first kappa shape index (κ1) is 8.87. The molecule has 0 aromatic rings. The van der Waals surface area contributed by atoms with Gasteiger partial charge in [-0.1, -0.05) is 0 Å². The van der Waals surface area contributed by atoms with Crippen LogP contribution in [0.2, 0.25) is 0 Å². The predicted octanol–water partition coefficient (Wildman–Crippen LogP) is 1.32. The molecule has 0 unspecified atom stereocenters. The van der Waals surface area contributed by atoms with Gasteiger partial charge in [0.2, 0.25) is 12.7 Å². The van der Waals surface area contributed by atoms with Crippen LogP contribution in [-0.4, -0.2) is 36.7 Å². The van der Waals surface area contributed by atoms with Crippen molar-refractivity contribution in [2.45, 2.75) is 32.6 Å². The zero-order valence-corrected chi connectivity index (χ0v) is 6.76. The minimum absolute atomic E-state index is 0.176. The molecule has 4 heteroatoms. The molecule has 1 rings (SSSR count). The molecule has 0 radical (unpaired) electrons. The summed E-state index contributed by atoms with van der Waals surface area (Å²) in [4.78, 5) is 1.72. The third-order valence-electron chi connectivity index (χ3n) is 1.78. The van der Waals surface area contributed by atoms with Gasteiger partial charge >= 0.3 is 0 Å². The van der Waals surface area contributed by atoms with E-state index >= 15 is 0 Å². The van der Waals surface area contributed by atoms with E-state index in [0.717, 1.165) is 0 Å². The lowest BCUT2D eigenvalue weighted by Crippen LogP contribution is -2.47. The molecule has 0 bridgehead atoms. The highest BCUT2D eigenvalue weighted by atomic mass is 19.2. The molecular formula is C7H13F2NO. The lowest BCUT2D eigenvalue weighted by molar-refractivity contribution is -0.193. The van der Waals surface area contributed by atoms with Gasteiger partial charge < -0.3 is 4.74 Å². The van der Waals surface area contributed by atoms with Crippen molar-refractivity contribution in [3.63, 3.8) is 0 Å². The number of rotatable bonds is 1. The van der Waals surface area contributed by atoms with Gasteiger partial charge in [-0.15, -0.1) is 0 Å². The lowest BCUT2D eigenvalue weighted by atomic mass is 10.3. The maximum atomic E-state index is 12.5. The number of halogens is 2. The third kappa shape index (κ3) is 2.38. The lowest BCUT2D eigenvalue weighted by Gasteiger charge is -2.33. The molecular weight excluding hydrogens is 152 g/mol. The van der Waals surface area contributed by atoms with Gasteiger partial charge in [-0.25, -0.2) is 8.78 Å². The fourth-order valence-electron chi connectivity index (χ4n) is 1.11. The Balaban J connectivity index is 2.43. The third-order valence-corrected chi connectivity index (χ3v) is 1.78. The van der Waals surface area contributed by atoms with Crippen LogP contribution < -0.4 is 0 Å². The van der Waals surface area contributed by atoms with Gasteiger partial charge in [0.05, 0.1) is 13.1 Å². The Morgan fingerprint density at radius 2 is 1.73 bits per heavy atom. The summed E-state index contributed by atoms with van der Waals surface area (Å²) >= 11 is 0. The Hall–Kier alpha value is -0.220. The predicted molar refractivity (Wildman–Crippen MR) is 37.6 cm³/mol. The van der Waals surface area contributed by atoms with Crippen LogP contribution in [0.15, 0.2) is 0 Å². The van der Waals surface area contributed by atoms with Gasteiger partial charge in [-0.05, 0) is 13.8 Å². The van der Waals surface area contributed by atoms with Gasteiger partial charge in [0.15, 0.2) is 0 Å². The smallest absolute Gasteiger partial charge is 0.214 e. The highest BCUT2D eigenvalue weighted by Gasteiger charge is 2.28. The Morgan fingerprint density at radius 3 is 2.09 bits per heavy atom. The molecule has 1 fully saturated rings. The van der Waals surface area contributed by atoms with E-state index in [1.165, 1.54) is 0 Å². The van der Waals surface area contributed by atoms with E-state index < -0.39 is 12.7 Å². The molecule has 1 aliphatic rings. The molecule has 0 amide bonds. The number of ether oxygens (including phenoxy) is 1. The van der Waals surface area contributed by atoms with Crippen LogP contribution in [0.25, 0.3) is 0 Å². The molecule has 0 N–H and O–H groups in total. The van der Waals surface area contributed by atoms with Crippen molar-refractivity contribution >= 4 is 0 Å². The van der Waals surface area contributed by atoms with E-state index in [0.29, 0.717) is 0 Å². The standard InChI is InChI=1S/C7H13F2NO/c1-5(2)10-3-6(8)11-7(9)4-10/h5-7H,3-4H2,1-2H3/t6-,7-/m0/s1. The van der Waals surface area contributed by atoms with Crippen molar-refractivity contribution in [3.05, 3.63) is 0 Å². The van der Waals surface area contributed by atoms with Crippen LogP contribution in [0, 0.1) is 0 Å². The monoisotopic (exact) mass is 165 g/mol. The van der Waals surface area contributed by atoms with E-state index in [9.17, 15) is 8.78 Å². The van der Waals surface area contributed by atoms with Crippen LogP contribution in [0.3, 0.4) is 0 Å². The summed E-state index contributed by atoms with van der Waals surface area (Å²) in [6.07, 6.45) is -2.94. The number of morpholine rings is 1. The summed E-state index contributed by atoms with van der Waals surface area (Å²) in [6, 6.07) is 0.176. The van der Waals surface area contributed by atoms with E-state index in [1.807, 2.05) is 13.8 Å². The average molecular weight is 165 g/mol. The Kier molecular flexibility index (Phi) is 2.78. The summed E-state index contributed by atoms with van der Waals surface area (Å²) in [5.74, 6) is 0. The topological polar surface area (TPSA) is 12.5 Å².